The van der Waals surface area contributed by atoms with Gasteiger partial charge in [-0.3, -0.25) is 0 Å². The summed E-state index contributed by atoms with van der Waals surface area (Å²) in [6, 6.07) is 6.38. The predicted octanol–water partition coefficient (Wildman–Crippen LogP) is 3.88. The van der Waals surface area contributed by atoms with Crippen molar-refractivity contribution in [3.05, 3.63) is 46.0 Å². The Balaban J connectivity index is 3.07. The molecule has 1 unspecified atom stereocenters. The summed E-state index contributed by atoms with van der Waals surface area (Å²) in [5.74, 6) is 0. The van der Waals surface area contributed by atoms with Crippen molar-refractivity contribution in [1.82, 2.24) is 5.32 Å². The first-order valence-electron chi connectivity index (χ1n) is 5.12. The van der Waals surface area contributed by atoms with E-state index >= 15 is 0 Å². The van der Waals surface area contributed by atoms with Crippen molar-refractivity contribution in [2.75, 3.05) is 7.05 Å². The van der Waals surface area contributed by atoms with Crippen LogP contribution in [0.25, 0.3) is 0 Å². The molecule has 0 saturated carbocycles. The summed E-state index contributed by atoms with van der Waals surface area (Å²) in [6.45, 7) is 6.26. The maximum atomic E-state index is 6.04. The lowest BCUT2D eigenvalue weighted by atomic mass is 10.0. The van der Waals surface area contributed by atoms with Gasteiger partial charge in [-0.1, -0.05) is 29.3 Å². The molecule has 0 aliphatic heterocycles. The lowest BCUT2D eigenvalue weighted by molar-refractivity contribution is 0.709. The number of hydrogen-bond donors (Lipinski definition) is 1. The second-order valence-corrected chi connectivity index (χ2v) is 4.51. The van der Waals surface area contributed by atoms with Crippen LogP contribution in [0.1, 0.15) is 31.0 Å². The Morgan fingerprint density at radius 1 is 1.33 bits per heavy atom. The molecule has 0 aliphatic carbocycles. The summed E-state index contributed by atoms with van der Waals surface area (Å²) in [7, 11) is 1.96. The van der Waals surface area contributed by atoms with Crippen molar-refractivity contribution in [3.63, 3.8) is 0 Å². The van der Waals surface area contributed by atoms with Crippen LogP contribution in [0.2, 0.25) is 5.02 Å². The third kappa shape index (κ3) is 3.69. The second-order valence-electron chi connectivity index (χ2n) is 4.07. The molecule has 82 valence electrons. The number of hydrogen-bond acceptors (Lipinski definition) is 1. The summed E-state index contributed by atoms with van der Waals surface area (Å²) in [6.07, 6.45) is 2.20. The SMILES string of the molecule is CNC(C=C(C)C)c1cc(C)cc(Cl)c1. The average molecular weight is 224 g/mol. The van der Waals surface area contributed by atoms with Crippen LogP contribution in [-0.4, -0.2) is 7.05 Å². The van der Waals surface area contributed by atoms with Crippen LogP contribution >= 0.6 is 11.6 Å². The highest BCUT2D eigenvalue weighted by Gasteiger charge is 2.06. The van der Waals surface area contributed by atoms with Gasteiger partial charge in [0.25, 0.3) is 0 Å². The lowest BCUT2D eigenvalue weighted by Gasteiger charge is -2.14. The quantitative estimate of drug-likeness (QED) is 0.767. The van der Waals surface area contributed by atoms with Gasteiger partial charge in [-0.25, -0.2) is 0 Å². The van der Waals surface area contributed by atoms with E-state index in [0.717, 1.165) is 5.02 Å². The zero-order chi connectivity index (χ0) is 11.4. The van der Waals surface area contributed by atoms with E-state index < -0.39 is 0 Å². The molecule has 0 heterocycles. The Labute approximate surface area is 97.1 Å². The molecule has 1 atom stereocenters. The van der Waals surface area contributed by atoms with Crippen molar-refractivity contribution in [2.45, 2.75) is 26.8 Å². The van der Waals surface area contributed by atoms with Gasteiger partial charge in [-0.15, -0.1) is 0 Å². The Morgan fingerprint density at radius 3 is 2.47 bits per heavy atom. The van der Waals surface area contributed by atoms with Gasteiger partial charge in [0.05, 0.1) is 6.04 Å². The predicted molar refractivity (Wildman–Crippen MR) is 67.4 cm³/mol. The molecule has 1 aromatic carbocycles. The Morgan fingerprint density at radius 2 is 2.00 bits per heavy atom. The van der Waals surface area contributed by atoms with Crippen molar-refractivity contribution >= 4 is 11.6 Å². The molecule has 15 heavy (non-hydrogen) atoms. The normalized spacial score (nSPS) is 12.3. The Hall–Kier alpha value is -0.790. The van der Waals surface area contributed by atoms with Crippen LogP contribution in [-0.2, 0) is 0 Å². The van der Waals surface area contributed by atoms with E-state index in [0.29, 0.717) is 0 Å². The minimum absolute atomic E-state index is 0.243. The number of likely N-dealkylation sites (N-methyl/N-ethyl adjacent to an activating group) is 1. The van der Waals surface area contributed by atoms with E-state index in [4.69, 9.17) is 11.6 Å². The molecular formula is C13H18ClN. The van der Waals surface area contributed by atoms with Gasteiger partial charge in [0, 0.05) is 5.02 Å². The van der Waals surface area contributed by atoms with E-state index in [1.165, 1.54) is 16.7 Å². The number of aryl methyl sites for hydroxylation is 1. The molecule has 0 radical (unpaired) electrons. The van der Waals surface area contributed by atoms with Gasteiger partial charge in [0.1, 0.15) is 0 Å². The maximum absolute atomic E-state index is 6.04. The first kappa shape index (κ1) is 12.3. The molecule has 0 spiro atoms. The largest absolute Gasteiger partial charge is 0.310 e. The standard InChI is InChI=1S/C13H18ClN/c1-9(2)5-13(15-4)11-6-10(3)7-12(14)8-11/h5-8,13,15H,1-4H3. The fraction of sp³-hybridized carbons (Fsp3) is 0.385. The van der Waals surface area contributed by atoms with Crippen molar-refractivity contribution in [1.29, 1.82) is 0 Å². The average Bonchev–Trinajstić information content (AvgIpc) is 2.12. The van der Waals surface area contributed by atoms with Gasteiger partial charge < -0.3 is 5.32 Å². The number of nitrogens with one attached hydrogen (secondary N) is 1. The molecule has 0 aliphatic rings. The highest BCUT2D eigenvalue weighted by Crippen LogP contribution is 2.21. The fourth-order valence-electron chi connectivity index (χ4n) is 1.62. The molecule has 0 saturated heterocycles. The summed E-state index contributed by atoms with van der Waals surface area (Å²) in [5.41, 5.74) is 3.70. The molecular weight excluding hydrogens is 206 g/mol. The van der Waals surface area contributed by atoms with E-state index in [1.54, 1.807) is 0 Å². The Kier molecular flexibility index (Phi) is 4.37. The molecule has 0 fully saturated rings. The minimum Gasteiger partial charge on any atom is -0.310 e. The zero-order valence-corrected chi connectivity index (χ0v) is 10.5. The molecule has 0 bridgehead atoms. The van der Waals surface area contributed by atoms with E-state index in [2.05, 4.69) is 38.2 Å². The fourth-order valence-corrected chi connectivity index (χ4v) is 1.92. The smallest absolute Gasteiger partial charge is 0.0506 e. The van der Waals surface area contributed by atoms with E-state index in [9.17, 15) is 0 Å². The molecule has 1 nitrogen and oxygen atoms in total. The molecule has 1 rings (SSSR count). The molecule has 0 amide bonds. The first-order valence-corrected chi connectivity index (χ1v) is 5.50. The minimum atomic E-state index is 0.243. The van der Waals surface area contributed by atoms with Gasteiger partial charge >= 0.3 is 0 Å². The number of benzene rings is 1. The van der Waals surface area contributed by atoms with Gasteiger partial charge in [0.15, 0.2) is 0 Å². The van der Waals surface area contributed by atoms with Gasteiger partial charge in [-0.2, -0.15) is 0 Å². The number of rotatable bonds is 3. The summed E-state index contributed by atoms with van der Waals surface area (Å²) in [5, 5.41) is 4.07. The van der Waals surface area contributed by atoms with Crippen molar-refractivity contribution < 1.29 is 0 Å². The van der Waals surface area contributed by atoms with Crippen LogP contribution in [0.4, 0.5) is 0 Å². The highest BCUT2D eigenvalue weighted by atomic mass is 35.5. The van der Waals surface area contributed by atoms with Crippen LogP contribution in [0.15, 0.2) is 29.8 Å². The maximum Gasteiger partial charge on any atom is 0.0506 e. The Bertz CT molecular complexity index is 345. The van der Waals surface area contributed by atoms with Gasteiger partial charge in [-0.05, 0) is 51.1 Å². The summed E-state index contributed by atoms with van der Waals surface area (Å²) < 4.78 is 0. The van der Waals surface area contributed by atoms with E-state index in [-0.39, 0.29) is 6.04 Å². The molecule has 1 N–H and O–H groups in total. The first-order chi connectivity index (χ1) is 7.02. The lowest BCUT2D eigenvalue weighted by Crippen LogP contribution is -2.14. The van der Waals surface area contributed by atoms with Crippen LogP contribution in [0.3, 0.4) is 0 Å². The molecule has 2 heteroatoms. The summed E-state index contributed by atoms with van der Waals surface area (Å²) >= 11 is 6.04. The van der Waals surface area contributed by atoms with E-state index in [1.807, 2.05) is 19.2 Å². The zero-order valence-electron chi connectivity index (χ0n) is 9.76. The monoisotopic (exact) mass is 223 g/mol. The number of halogens is 1. The van der Waals surface area contributed by atoms with Crippen molar-refractivity contribution in [2.24, 2.45) is 0 Å². The topological polar surface area (TPSA) is 12.0 Å². The summed E-state index contributed by atoms with van der Waals surface area (Å²) in [4.78, 5) is 0. The molecule has 1 aromatic rings. The third-order valence-corrected chi connectivity index (χ3v) is 2.45. The van der Waals surface area contributed by atoms with Crippen LogP contribution in [0.5, 0.6) is 0 Å². The van der Waals surface area contributed by atoms with Crippen molar-refractivity contribution in [3.8, 4) is 0 Å². The molecule has 0 aromatic heterocycles. The third-order valence-electron chi connectivity index (χ3n) is 2.23. The number of allylic oxidation sites excluding steroid dienone is 1. The van der Waals surface area contributed by atoms with Crippen LogP contribution in [0, 0.1) is 6.92 Å². The highest BCUT2D eigenvalue weighted by molar-refractivity contribution is 6.30. The van der Waals surface area contributed by atoms with Crippen LogP contribution < -0.4 is 5.32 Å². The van der Waals surface area contributed by atoms with Gasteiger partial charge in [0.2, 0.25) is 0 Å². The second kappa shape index (κ2) is 5.34.